The Morgan fingerprint density at radius 2 is 1.95 bits per heavy atom. The number of hydrogen-bond acceptors (Lipinski definition) is 3. The standard InChI is InChI=1S/C17H16BrNO3/c1-21-14-7-8-15(16(11-14)22-2)19-17(20)9-6-12-4-3-5-13(18)10-12/h3-11H,1-2H3,(H,19,20)/b9-6+. The lowest BCUT2D eigenvalue weighted by atomic mass is 10.2. The van der Waals surface area contributed by atoms with Crippen LogP contribution >= 0.6 is 15.9 Å². The zero-order valence-corrected chi connectivity index (χ0v) is 13.9. The van der Waals surface area contributed by atoms with Crippen molar-refractivity contribution in [3.8, 4) is 11.5 Å². The van der Waals surface area contributed by atoms with Crippen LogP contribution in [0.3, 0.4) is 0 Å². The second kappa shape index (κ2) is 7.66. The molecule has 22 heavy (non-hydrogen) atoms. The minimum Gasteiger partial charge on any atom is -0.497 e. The van der Waals surface area contributed by atoms with Crippen LogP contribution in [0, 0.1) is 0 Å². The Bertz CT molecular complexity index is 698. The highest BCUT2D eigenvalue weighted by Crippen LogP contribution is 2.29. The van der Waals surface area contributed by atoms with E-state index in [0.717, 1.165) is 10.0 Å². The number of hydrogen-bond donors (Lipinski definition) is 1. The molecule has 0 saturated heterocycles. The number of nitrogens with one attached hydrogen (secondary N) is 1. The largest absolute Gasteiger partial charge is 0.497 e. The van der Waals surface area contributed by atoms with Gasteiger partial charge in [0.15, 0.2) is 0 Å². The van der Waals surface area contributed by atoms with Crippen molar-refractivity contribution in [3.63, 3.8) is 0 Å². The fourth-order valence-corrected chi connectivity index (χ4v) is 2.28. The lowest BCUT2D eigenvalue weighted by Gasteiger charge is -2.10. The summed E-state index contributed by atoms with van der Waals surface area (Å²) in [4.78, 5) is 12.0. The smallest absolute Gasteiger partial charge is 0.248 e. The van der Waals surface area contributed by atoms with Crippen molar-refractivity contribution in [1.82, 2.24) is 0 Å². The van der Waals surface area contributed by atoms with Gasteiger partial charge >= 0.3 is 0 Å². The van der Waals surface area contributed by atoms with Crippen molar-refractivity contribution in [2.45, 2.75) is 0 Å². The second-order valence-electron chi connectivity index (χ2n) is 4.44. The highest BCUT2D eigenvalue weighted by molar-refractivity contribution is 9.10. The van der Waals surface area contributed by atoms with Crippen LogP contribution in [0.2, 0.25) is 0 Å². The SMILES string of the molecule is COc1ccc(NC(=O)/C=C/c2cccc(Br)c2)c(OC)c1. The van der Waals surface area contributed by atoms with Gasteiger partial charge in [-0.3, -0.25) is 4.79 Å². The average Bonchev–Trinajstić information content (AvgIpc) is 2.53. The van der Waals surface area contributed by atoms with Crippen LogP contribution in [0.25, 0.3) is 6.08 Å². The van der Waals surface area contributed by atoms with Crippen LogP contribution in [0.4, 0.5) is 5.69 Å². The first-order valence-corrected chi connectivity index (χ1v) is 7.38. The summed E-state index contributed by atoms with van der Waals surface area (Å²) in [5.74, 6) is 0.978. The van der Waals surface area contributed by atoms with Gasteiger partial charge in [0, 0.05) is 16.6 Å². The van der Waals surface area contributed by atoms with Crippen molar-refractivity contribution in [2.24, 2.45) is 0 Å². The van der Waals surface area contributed by atoms with Crippen molar-refractivity contribution in [2.75, 3.05) is 19.5 Å². The molecule has 2 aromatic rings. The molecule has 4 nitrogen and oxygen atoms in total. The molecule has 0 aliphatic carbocycles. The van der Waals surface area contributed by atoms with Gasteiger partial charge in [0.05, 0.1) is 19.9 Å². The van der Waals surface area contributed by atoms with Gasteiger partial charge in [0.25, 0.3) is 0 Å². The summed E-state index contributed by atoms with van der Waals surface area (Å²) in [6, 6.07) is 12.9. The van der Waals surface area contributed by atoms with E-state index in [2.05, 4.69) is 21.2 Å². The number of carbonyl (C=O) groups is 1. The molecule has 5 heteroatoms. The Balaban J connectivity index is 2.09. The van der Waals surface area contributed by atoms with Crippen LogP contribution in [0.1, 0.15) is 5.56 Å². The molecular formula is C17H16BrNO3. The summed E-state index contributed by atoms with van der Waals surface area (Å²) in [6.07, 6.45) is 3.22. The number of amides is 1. The van der Waals surface area contributed by atoms with E-state index in [4.69, 9.17) is 9.47 Å². The molecule has 0 atom stereocenters. The Morgan fingerprint density at radius 3 is 2.64 bits per heavy atom. The van der Waals surface area contributed by atoms with Gasteiger partial charge < -0.3 is 14.8 Å². The summed E-state index contributed by atoms with van der Waals surface area (Å²) >= 11 is 3.39. The van der Waals surface area contributed by atoms with Gasteiger partial charge in [0.2, 0.25) is 5.91 Å². The van der Waals surface area contributed by atoms with Crippen molar-refractivity contribution >= 4 is 33.6 Å². The molecule has 1 amide bonds. The van der Waals surface area contributed by atoms with E-state index in [-0.39, 0.29) is 5.91 Å². The van der Waals surface area contributed by atoms with Crippen LogP contribution in [-0.4, -0.2) is 20.1 Å². The molecule has 1 N–H and O–H groups in total. The molecule has 0 fully saturated rings. The molecule has 0 unspecified atom stereocenters. The second-order valence-corrected chi connectivity index (χ2v) is 5.36. The number of anilines is 1. The lowest BCUT2D eigenvalue weighted by Crippen LogP contribution is -2.08. The summed E-state index contributed by atoms with van der Waals surface area (Å²) in [6.45, 7) is 0. The molecule has 0 bridgehead atoms. The van der Waals surface area contributed by atoms with E-state index in [0.29, 0.717) is 17.2 Å². The summed E-state index contributed by atoms with van der Waals surface area (Å²) in [7, 11) is 3.12. The first kappa shape index (κ1) is 16.1. The fourth-order valence-electron chi connectivity index (χ4n) is 1.86. The number of halogens is 1. The molecular weight excluding hydrogens is 346 g/mol. The molecule has 0 aliphatic rings. The molecule has 0 aromatic heterocycles. The van der Waals surface area contributed by atoms with Crippen LogP contribution < -0.4 is 14.8 Å². The molecule has 0 heterocycles. The van der Waals surface area contributed by atoms with Crippen molar-refractivity contribution < 1.29 is 14.3 Å². The minimum absolute atomic E-state index is 0.233. The van der Waals surface area contributed by atoms with E-state index in [9.17, 15) is 4.79 Å². The Kier molecular flexibility index (Phi) is 5.61. The zero-order valence-electron chi connectivity index (χ0n) is 12.3. The van der Waals surface area contributed by atoms with E-state index in [1.165, 1.54) is 6.08 Å². The first-order valence-electron chi connectivity index (χ1n) is 6.59. The quantitative estimate of drug-likeness (QED) is 0.814. The van der Waals surface area contributed by atoms with E-state index in [1.54, 1.807) is 38.5 Å². The minimum atomic E-state index is -0.233. The molecule has 0 spiro atoms. The van der Waals surface area contributed by atoms with Gasteiger partial charge in [-0.25, -0.2) is 0 Å². The van der Waals surface area contributed by atoms with Crippen molar-refractivity contribution in [1.29, 1.82) is 0 Å². The topological polar surface area (TPSA) is 47.6 Å². The maximum absolute atomic E-state index is 12.0. The maximum Gasteiger partial charge on any atom is 0.248 e. The number of methoxy groups -OCH3 is 2. The fraction of sp³-hybridized carbons (Fsp3) is 0.118. The van der Waals surface area contributed by atoms with Gasteiger partial charge in [-0.2, -0.15) is 0 Å². The van der Waals surface area contributed by atoms with Gasteiger partial charge in [0.1, 0.15) is 11.5 Å². The summed E-state index contributed by atoms with van der Waals surface area (Å²) in [5.41, 5.74) is 1.53. The predicted octanol–water partition coefficient (Wildman–Crippen LogP) is 4.12. The average molecular weight is 362 g/mol. The number of carbonyl (C=O) groups excluding carboxylic acids is 1. The molecule has 0 radical (unpaired) electrons. The monoisotopic (exact) mass is 361 g/mol. The summed E-state index contributed by atoms with van der Waals surface area (Å²) in [5, 5.41) is 2.78. The highest BCUT2D eigenvalue weighted by atomic mass is 79.9. The van der Waals surface area contributed by atoms with E-state index in [1.807, 2.05) is 24.3 Å². The normalized spacial score (nSPS) is 10.5. The van der Waals surface area contributed by atoms with Gasteiger partial charge in [-0.05, 0) is 35.9 Å². The first-order chi connectivity index (χ1) is 10.6. The molecule has 0 aliphatic heterocycles. The highest BCUT2D eigenvalue weighted by Gasteiger charge is 2.07. The van der Waals surface area contributed by atoms with Gasteiger partial charge in [-0.15, -0.1) is 0 Å². The Hall–Kier alpha value is -2.27. The van der Waals surface area contributed by atoms with Crippen LogP contribution in [-0.2, 0) is 4.79 Å². The Morgan fingerprint density at radius 1 is 1.14 bits per heavy atom. The predicted molar refractivity (Wildman–Crippen MR) is 91.4 cm³/mol. The van der Waals surface area contributed by atoms with Crippen LogP contribution in [0.15, 0.2) is 53.0 Å². The van der Waals surface area contributed by atoms with Gasteiger partial charge in [-0.1, -0.05) is 28.1 Å². The van der Waals surface area contributed by atoms with E-state index >= 15 is 0 Å². The zero-order chi connectivity index (χ0) is 15.9. The molecule has 0 saturated carbocycles. The number of benzene rings is 2. The molecule has 2 rings (SSSR count). The van der Waals surface area contributed by atoms with E-state index < -0.39 is 0 Å². The lowest BCUT2D eigenvalue weighted by molar-refractivity contribution is -0.111. The third-order valence-electron chi connectivity index (χ3n) is 2.94. The summed E-state index contributed by atoms with van der Waals surface area (Å²) < 4.78 is 11.3. The third kappa shape index (κ3) is 4.36. The van der Waals surface area contributed by atoms with Crippen molar-refractivity contribution in [3.05, 3.63) is 58.6 Å². The van der Waals surface area contributed by atoms with Crippen LogP contribution in [0.5, 0.6) is 11.5 Å². The number of ether oxygens (including phenoxy) is 2. The molecule has 2 aromatic carbocycles. The third-order valence-corrected chi connectivity index (χ3v) is 3.44. The number of rotatable bonds is 5. The molecule has 114 valence electrons. The maximum atomic E-state index is 12.0. The Labute approximate surface area is 137 Å².